The molecule has 0 aliphatic heterocycles. The minimum atomic E-state index is 0.578. The molecule has 0 bridgehead atoms. The molecule has 0 aliphatic carbocycles. The number of aromatic nitrogens is 1. The fourth-order valence-electron chi connectivity index (χ4n) is 1.42. The third-order valence-corrected chi connectivity index (χ3v) is 4.48. The molecule has 0 saturated carbocycles. The van der Waals surface area contributed by atoms with Gasteiger partial charge in [0, 0.05) is 16.3 Å². The second-order valence-electron chi connectivity index (χ2n) is 3.86. The quantitative estimate of drug-likeness (QED) is 0.754. The number of thiophene rings is 1. The van der Waals surface area contributed by atoms with Crippen molar-refractivity contribution in [3.05, 3.63) is 27.4 Å². The van der Waals surface area contributed by atoms with Gasteiger partial charge in [0.15, 0.2) is 0 Å². The Bertz CT molecular complexity index is 442. The average molecular weight is 237 g/mol. The molecule has 2 aromatic rings. The normalized spacial score (nSPS) is 13.0. The zero-order valence-electron chi connectivity index (χ0n) is 9.28. The second-order valence-corrected chi connectivity index (χ2v) is 5.46. The fourth-order valence-corrected chi connectivity index (χ4v) is 3.35. The third-order valence-electron chi connectivity index (χ3n) is 2.73. The van der Waals surface area contributed by atoms with Gasteiger partial charge in [-0.25, -0.2) is 4.98 Å². The van der Waals surface area contributed by atoms with Gasteiger partial charge in [0.1, 0.15) is 5.01 Å². The van der Waals surface area contributed by atoms with Gasteiger partial charge in [-0.3, -0.25) is 0 Å². The zero-order chi connectivity index (χ0) is 10.8. The van der Waals surface area contributed by atoms with Crippen LogP contribution in [0.3, 0.4) is 0 Å². The van der Waals surface area contributed by atoms with Crippen molar-refractivity contribution in [3.63, 3.8) is 0 Å². The van der Waals surface area contributed by atoms with E-state index in [4.69, 9.17) is 4.98 Å². The maximum absolute atomic E-state index is 4.71. The van der Waals surface area contributed by atoms with Gasteiger partial charge in [-0.15, -0.1) is 11.3 Å². The molecule has 2 rings (SSSR count). The van der Waals surface area contributed by atoms with Crippen LogP contribution in [0.4, 0.5) is 0 Å². The molecule has 0 N–H and O–H groups in total. The van der Waals surface area contributed by atoms with Crippen molar-refractivity contribution in [1.82, 2.24) is 4.98 Å². The Kier molecular flexibility index (Phi) is 3.22. The number of hydrogen-bond donors (Lipinski definition) is 0. The Morgan fingerprint density at radius 1 is 1.33 bits per heavy atom. The van der Waals surface area contributed by atoms with Crippen LogP contribution in [0, 0.1) is 6.92 Å². The van der Waals surface area contributed by atoms with E-state index >= 15 is 0 Å². The highest BCUT2D eigenvalue weighted by Crippen LogP contribution is 2.31. The van der Waals surface area contributed by atoms with E-state index in [9.17, 15) is 0 Å². The first-order chi connectivity index (χ1) is 7.22. The van der Waals surface area contributed by atoms with Crippen molar-refractivity contribution in [2.24, 2.45) is 0 Å². The summed E-state index contributed by atoms with van der Waals surface area (Å²) in [6, 6.07) is 0. The van der Waals surface area contributed by atoms with Crippen molar-refractivity contribution < 1.29 is 0 Å². The minimum Gasteiger partial charge on any atom is -0.241 e. The molecule has 80 valence electrons. The van der Waals surface area contributed by atoms with Crippen LogP contribution < -0.4 is 0 Å². The van der Waals surface area contributed by atoms with Crippen LogP contribution in [-0.4, -0.2) is 4.98 Å². The first-order valence-corrected chi connectivity index (χ1v) is 7.03. The molecule has 0 saturated heterocycles. The number of rotatable bonds is 3. The fraction of sp³-hybridized carbons (Fsp3) is 0.417. The number of hydrogen-bond acceptors (Lipinski definition) is 3. The summed E-state index contributed by atoms with van der Waals surface area (Å²) in [5.74, 6) is 0.578. The van der Waals surface area contributed by atoms with Gasteiger partial charge in [0.2, 0.25) is 0 Å². The van der Waals surface area contributed by atoms with E-state index < -0.39 is 0 Å². The van der Waals surface area contributed by atoms with Gasteiger partial charge >= 0.3 is 0 Å². The Hall–Kier alpha value is -0.670. The molecule has 2 heterocycles. The monoisotopic (exact) mass is 237 g/mol. The molecule has 0 fully saturated rings. The van der Waals surface area contributed by atoms with Crippen molar-refractivity contribution in [2.45, 2.75) is 33.1 Å². The van der Waals surface area contributed by atoms with Crippen LogP contribution in [0.2, 0.25) is 0 Å². The molecule has 2 aromatic heterocycles. The second kappa shape index (κ2) is 4.45. The lowest BCUT2D eigenvalue weighted by atomic mass is 10.1. The molecular formula is C12H15NS2. The summed E-state index contributed by atoms with van der Waals surface area (Å²) < 4.78 is 0. The topological polar surface area (TPSA) is 12.9 Å². The molecule has 0 amide bonds. The third kappa shape index (κ3) is 2.13. The number of aryl methyl sites for hydroxylation is 1. The molecule has 0 spiro atoms. The van der Waals surface area contributed by atoms with Gasteiger partial charge in [-0.1, -0.05) is 13.8 Å². The standard InChI is InChI=1S/C12H15NS2/c1-4-8(2)11-7-15-12(13-11)10-6-14-5-9(10)3/h5-8H,4H2,1-3H3. The summed E-state index contributed by atoms with van der Waals surface area (Å²) in [7, 11) is 0. The summed E-state index contributed by atoms with van der Waals surface area (Å²) in [5, 5.41) is 7.73. The summed E-state index contributed by atoms with van der Waals surface area (Å²) in [6.07, 6.45) is 1.16. The van der Waals surface area contributed by atoms with Gasteiger partial charge in [0.25, 0.3) is 0 Å². The summed E-state index contributed by atoms with van der Waals surface area (Å²) in [5.41, 5.74) is 3.88. The van der Waals surface area contributed by atoms with E-state index in [0.717, 1.165) is 6.42 Å². The van der Waals surface area contributed by atoms with Gasteiger partial charge in [-0.05, 0) is 30.2 Å². The molecule has 15 heavy (non-hydrogen) atoms. The largest absolute Gasteiger partial charge is 0.241 e. The van der Waals surface area contributed by atoms with Crippen molar-refractivity contribution >= 4 is 22.7 Å². The average Bonchev–Trinajstić information content (AvgIpc) is 2.84. The van der Waals surface area contributed by atoms with Crippen LogP contribution in [0.1, 0.15) is 37.4 Å². The summed E-state index contributed by atoms with van der Waals surface area (Å²) >= 11 is 3.51. The SMILES string of the molecule is CCC(C)c1csc(-c2cscc2C)n1. The molecule has 3 heteroatoms. The van der Waals surface area contributed by atoms with Crippen LogP contribution in [0.15, 0.2) is 16.1 Å². The molecule has 0 aliphatic rings. The van der Waals surface area contributed by atoms with E-state index in [0.29, 0.717) is 5.92 Å². The predicted octanol–water partition coefficient (Wildman–Crippen LogP) is 4.69. The maximum atomic E-state index is 4.71. The Morgan fingerprint density at radius 2 is 2.13 bits per heavy atom. The highest BCUT2D eigenvalue weighted by Gasteiger charge is 2.11. The van der Waals surface area contributed by atoms with Gasteiger partial charge in [-0.2, -0.15) is 11.3 Å². The maximum Gasteiger partial charge on any atom is 0.124 e. The van der Waals surface area contributed by atoms with Crippen LogP contribution in [0.5, 0.6) is 0 Å². The molecule has 0 radical (unpaired) electrons. The molecule has 1 atom stereocenters. The van der Waals surface area contributed by atoms with Gasteiger partial charge < -0.3 is 0 Å². The molecule has 0 aromatic carbocycles. The lowest BCUT2D eigenvalue weighted by Crippen LogP contribution is -1.90. The van der Waals surface area contributed by atoms with Crippen LogP contribution >= 0.6 is 22.7 Å². The smallest absolute Gasteiger partial charge is 0.124 e. The lowest BCUT2D eigenvalue weighted by Gasteiger charge is -2.02. The van der Waals surface area contributed by atoms with Gasteiger partial charge in [0.05, 0.1) is 5.69 Å². The highest BCUT2D eigenvalue weighted by molar-refractivity contribution is 7.14. The van der Waals surface area contributed by atoms with Crippen LogP contribution in [0.25, 0.3) is 10.6 Å². The Balaban J connectivity index is 2.32. The molecule has 1 nitrogen and oxygen atoms in total. The van der Waals surface area contributed by atoms with Crippen LogP contribution in [-0.2, 0) is 0 Å². The summed E-state index contributed by atoms with van der Waals surface area (Å²) in [4.78, 5) is 4.71. The minimum absolute atomic E-state index is 0.578. The highest BCUT2D eigenvalue weighted by atomic mass is 32.1. The van der Waals surface area contributed by atoms with Crippen molar-refractivity contribution in [1.29, 1.82) is 0 Å². The van der Waals surface area contributed by atoms with E-state index in [1.165, 1.54) is 21.8 Å². The first kappa shape index (κ1) is 10.8. The number of thiazole rings is 1. The Morgan fingerprint density at radius 3 is 2.73 bits per heavy atom. The van der Waals surface area contributed by atoms with Crippen molar-refractivity contribution in [3.8, 4) is 10.6 Å². The van der Waals surface area contributed by atoms with E-state index in [1.807, 2.05) is 0 Å². The summed E-state index contributed by atoms with van der Waals surface area (Å²) in [6.45, 7) is 6.59. The van der Waals surface area contributed by atoms with E-state index in [-0.39, 0.29) is 0 Å². The zero-order valence-corrected chi connectivity index (χ0v) is 10.9. The lowest BCUT2D eigenvalue weighted by molar-refractivity contribution is 0.714. The van der Waals surface area contributed by atoms with E-state index in [2.05, 4.69) is 36.9 Å². The molecular weight excluding hydrogens is 222 g/mol. The van der Waals surface area contributed by atoms with Crippen molar-refractivity contribution in [2.75, 3.05) is 0 Å². The number of nitrogens with zero attached hydrogens (tertiary/aromatic N) is 1. The van der Waals surface area contributed by atoms with E-state index in [1.54, 1.807) is 22.7 Å². The first-order valence-electron chi connectivity index (χ1n) is 5.21. The molecule has 1 unspecified atom stereocenters. The Labute approximate surface area is 98.8 Å². The predicted molar refractivity (Wildman–Crippen MR) is 68.9 cm³/mol.